The van der Waals surface area contributed by atoms with Gasteiger partial charge in [0.15, 0.2) is 5.78 Å². The number of amides is 2. The summed E-state index contributed by atoms with van der Waals surface area (Å²) in [7, 11) is -1.79. The second-order valence-corrected chi connectivity index (χ2v) is 12.1. The number of aryl methyl sites for hydroxylation is 1. The van der Waals surface area contributed by atoms with Gasteiger partial charge in [-0.15, -0.1) is 0 Å². The van der Waals surface area contributed by atoms with Gasteiger partial charge in [0.05, 0.1) is 10.5 Å². The first-order chi connectivity index (χ1) is 19.5. The second-order valence-electron chi connectivity index (χ2n) is 10.4. The number of hydrogen-bond donors (Lipinski definition) is 3. The summed E-state index contributed by atoms with van der Waals surface area (Å²) in [5, 5.41) is 2.82. The van der Waals surface area contributed by atoms with Crippen LogP contribution in [0, 0.1) is 6.92 Å². The van der Waals surface area contributed by atoms with Crippen molar-refractivity contribution in [1.82, 2.24) is 14.8 Å². The van der Waals surface area contributed by atoms with Crippen molar-refractivity contribution in [1.29, 1.82) is 0 Å². The number of fused-ring (bicyclic) bond motifs is 1. The van der Waals surface area contributed by atoms with E-state index in [9.17, 15) is 22.8 Å². The van der Waals surface area contributed by atoms with Crippen LogP contribution in [0.5, 0.6) is 0 Å². The van der Waals surface area contributed by atoms with Gasteiger partial charge in [-0.25, -0.2) is 8.42 Å². The lowest BCUT2D eigenvalue weighted by molar-refractivity contribution is -0.132. The van der Waals surface area contributed by atoms with E-state index in [-0.39, 0.29) is 28.9 Å². The first kappa shape index (κ1) is 28.3. The highest BCUT2D eigenvalue weighted by molar-refractivity contribution is 7.92. The molecule has 0 radical (unpaired) electrons. The molecule has 2 aromatic carbocycles. The van der Waals surface area contributed by atoms with Crippen LogP contribution in [0.2, 0.25) is 0 Å². The zero-order valence-corrected chi connectivity index (χ0v) is 24.1. The molecule has 2 aliphatic rings. The molecule has 11 heteroatoms. The zero-order chi connectivity index (χ0) is 29.3. The van der Waals surface area contributed by atoms with Gasteiger partial charge in [-0.05, 0) is 69.3 Å². The van der Waals surface area contributed by atoms with E-state index in [1.807, 2.05) is 11.9 Å². The number of Topliss-reactive ketones (excluding diaryl/α,β-unsaturated/α-hetero) is 1. The lowest BCUT2D eigenvalue weighted by Gasteiger charge is -2.32. The zero-order valence-electron chi connectivity index (χ0n) is 23.3. The average Bonchev–Trinajstić information content (AvgIpc) is 3.42. The Balaban J connectivity index is 1.45. The van der Waals surface area contributed by atoms with E-state index in [2.05, 4.69) is 19.9 Å². The van der Waals surface area contributed by atoms with E-state index in [0.717, 1.165) is 13.1 Å². The number of aromatic amines is 1. The fourth-order valence-corrected chi connectivity index (χ4v) is 6.43. The summed E-state index contributed by atoms with van der Waals surface area (Å²) in [5.74, 6) is -0.442. The van der Waals surface area contributed by atoms with Crippen LogP contribution in [0.3, 0.4) is 0 Å². The summed E-state index contributed by atoms with van der Waals surface area (Å²) in [6.07, 6.45) is 2.26. The van der Waals surface area contributed by atoms with Crippen molar-refractivity contribution in [3.8, 4) is 0 Å². The monoisotopic (exact) mass is 575 g/mol. The molecule has 10 nitrogen and oxygen atoms in total. The molecular weight excluding hydrogens is 542 g/mol. The standard InChI is InChI=1S/C30H33N5O5S/c1-19-29(20(2)36)23(10-12-28(37)35-15-13-34(3)14-16-35)27(31-19)18-25-24-17-21(9-11-26(24)32-30(25)38)33-41(39,40)22-7-5-4-6-8-22/h4-9,11,17-18,31,33H,10,12-16H2,1-3H3,(H,32,38). The highest BCUT2D eigenvalue weighted by Gasteiger charge is 2.28. The molecule has 3 N–H and O–H groups in total. The van der Waals surface area contributed by atoms with E-state index >= 15 is 0 Å². The molecule has 0 saturated carbocycles. The van der Waals surface area contributed by atoms with E-state index < -0.39 is 10.0 Å². The SMILES string of the molecule is CC(=O)c1c(C)[nH]c(C=C2C(=O)Nc3ccc(NS(=O)(=O)c4ccccc4)cc32)c1CCC(=O)N1CCN(C)CC1. The lowest BCUT2D eigenvalue weighted by atomic mass is 9.98. The third kappa shape index (κ3) is 5.96. The van der Waals surface area contributed by atoms with E-state index in [1.165, 1.54) is 19.1 Å². The number of H-pyrrole nitrogens is 1. The number of aromatic nitrogens is 1. The maximum absolute atomic E-state index is 13.0. The second kappa shape index (κ2) is 11.3. The summed E-state index contributed by atoms with van der Waals surface area (Å²) in [4.78, 5) is 46.0. The molecule has 1 saturated heterocycles. The number of likely N-dealkylation sites (N-methyl/N-ethyl adjacent to an activating group) is 1. The summed E-state index contributed by atoms with van der Waals surface area (Å²) >= 11 is 0. The number of carbonyl (C=O) groups is 3. The highest BCUT2D eigenvalue weighted by Crippen LogP contribution is 2.36. The predicted molar refractivity (Wildman–Crippen MR) is 158 cm³/mol. The number of carbonyl (C=O) groups excluding carboxylic acids is 3. The molecule has 1 fully saturated rings. The van der Waals surface area contributed by atoms with Crippen LogP contribution < -0.4 is 10.0 Å². The number of benzene rings is 2. The third-order valence-electron chi connectivity index (χ3n) is 7.52. The number of anilines is 2. The van der Waals surface area contributed by atoms with E-state index in [1.54, 1.807) is 49.4 Å². The maximum Gasteiger partial charge on any atom is 0.261 e. The van der Waals surface area contributed by atoms with Crippen molar-refractivity contribution < 1.29 is 22.8 Å². The molecule has 2 amide bonds. The smallest absolute Gasteiger partial charge is 0.261 e. The minimum atomic E-state index is -3.82. The molecule has 3 heterocycles. The number of ketones is 1. The number of sulfonamides is 1. The van der Waals surface area contributed by atoms with Crippen molar-refractivity contribution in [3.05, 3.63) is 76.6 Å². The van der Waals surface area contributed by atoms with Crippen LogP contribution in [-0.4, -0.2) is 74.0 Å². The van der Waals surface area contributed by atoms with Gasteiger partial charge in [-0.1, -0.05) is 18.2 Å². The van der Waals surface area contributed by atoms with Gasteiger partial charge >= 0.3 is 0 Å². The molecule has 0 aliphatic carbocycles. The fraction of sp³-hybridized carbons (Fsp3) is 0.300. The molecule has 3 aromatic rings. The normalized spacial score (nSPS) is 16.5. The van der Waals surface area contributed by atoms with Crippen molar-refractivity contribution in [2.75, 3.05) is 43.3 Å². The van der Waals surface area contributed by atoms with Gasteiger partial charge < -0.3 is 20.1 Å². The number of hydrogen-bond acceptors (Lipinski definition) is 6. The van der Waals surface area contributed by atoms with Crippen LogP contribution >= 0.6 is 0 Å². The Morgan fingerprint density at radius 2 is 1.76 bits per heavy atom. The maximum atomic E-state index is 13.0. The van der Waals surface area contributed by atoms with Crippen molar-refractivity contribution >= 4 is 50.6 Å². The molecule has 0 bridgehead atoms. The molecule has 0 spiro atoms. The van der Waals surface area contributed by atoms with Gasteiger partial charge in [-0.2, -0.15) is 0 Å². The van der Waals surface area contributed by atoms with Crippen molar-refractivity contribution in [3.63, 3.8) is 0 Å². The van der Waals surface area contributed by atoms with Crippen molar-refractivity contribution in [2.24, 2.45) is 0 Å². The molecule has 5 rings (SSSR count). The Morgan fingerprint density at radius 3 is 2.44 bits per heavy atom. The van der Waals surface area contributed by atoms with Gasteiger partial charge in [0, 0.05) is 66.5 Å². The quantitative estimate of drug-likeness (QED) is 0.278. The lowest BCUT2D eigenvalue weighted by Crippen LogP contribution is -2.47. The predicted octanol–water partition coefficient (Wildman–Crippen LogP) is 3.53. The number of nitrogens with one attached hydrogen (secondary N) is 3. The molecular formula is C30H33N5O5S. The van der Waals surface area contributed by atoms with Crippen LogP contribution in [0.15, 0.2) is 53.4 Å². The van der Waals surface area contributed by atoms with Gasteiger partial charge in [0.2, 0.25) is 5.91 Å². The summed E-state index contributed by atoms with van der Waals surface area (Å²) in [6.45, 7) is 6.27. The first-order valence-corrected chi connectivity index (χ1v) is 15.0. The third-order valence-corrected chi connectivity index (χ3v) is 8.92. The Labute approximate surface area is 239 Å². The Morgan fingerprint density at radius 1 is 1.05 bits per heavy atom. The Kier molecular flexibility index (Phi) is 7.83. The van der Waals surface area contributed by atoms with Gasteiger partial charge in [0.25, 0.3) is 15.9 Å². The minimum absolute atomic E-state index is 0.0318. The molecule has 2 aliphatic heterocycles. The minimum Gasteiger partial charge on any atom is -0.358 e. The molecule has 0 atom stereocenters. The van der Waals surface area contributed by atoms with Crippen LogP contribution in [0.1, 0.15) is 46.2 Å². The molecule has 41 heavy (non-hydrogen) atoms. The Bertz CT molecular complexity index is 1650. The van der Waals surface area contributed by atoms with Crippen LogP contribution in [0.25, 0.3) is 11.6 Å². The Hall–Kier alpha value is -4.22. The van der Waals surface area contributed by atoms with Crippen LogP contribution in [0.4, 0.5) is 11.4 Å². The largest absolute Gasteiger partial charge is 0.358 e. The summed E-state index contributed by atoms with van der Waals surface area (Å²) in [5.41, 5.74) is 4.15. The number of piperazine rings is 1. The number of nitrogens with zero attached hydrogens (tertiary/aromatic N) is 2. The van der Waals surface area contributed by atoms with E-state index in [0.29, 0.717) is 64.5 Å². The van der Waals surface area contributed by atoms with Gasteiger partial charge in [-0.3, -0.25) is 19.1 Å². The highest BCUT2D eigenvalue weighted by atomic mass is 32.2. The first-order valence-electron chi connectivity index (χ1n) is 13.5. The summed E-state index contributed by atoms with van der Waals surface area (Å²) in [6, 6.07) is 12.9. The molecule has 214 valence electrons. The van der Waals surface area contributed by atoms with Crippen molar-refractivity contribution in [2.45, 2.75) is 31.6 Å². The topological polar surface area (TPSA) is 132 Å². The summed E-state index contributed by atoms with van der Waals surface area (Å²) < 4.78 is 28.3. The van der Waals surface area contributed by atoms with E-state index in [4.69, 9.17) is 0 Å². The number of rotatable bonds is 8. The molecule has 0 unspecified atom stereocenters. The molecule has 1 aromatic heterocycles. The van der Waals surface area contributed by atoms with Gasteiger partial charge in [0.1, 0.15) is 0 Å². The average molecular weight is 576 g/mol. The van der Waals surface area contributed by atoms with Crippen LogP contribution in [-0.2, 0) is 26.0 Å². The fourth-order valence-electron chi connectivity index (χ4n) is 5.36.